The van der Waals surface area contributed by atoms with E-state index in [4.69, 9.17) is 0 Å². The molecule has 0 saturated heterocycles. The summed E-state index contributed by atoms with van der Waals surface area (Å²) in [4.78, 5) is 3.55. The van der Waals surface area contributed by atoms with Crippen molar-refractivity contribution in [2.45, 2.75) is 6.18 Å². The van der Waals surface area contributed by atoms with E-state index in [1.807, 2.05) is 0 Å². The van der Waals surface area contributed by atoms with Crippen molar-refractivity contribution in [3.63, 3.8) is 0 Å². The summed E-state index contributed by atoms with van der Waals surface area (Å²) in [6.45, 7) is 0. The van der Waals surface area contributed by atoms with Gasteiger partial charge in [0.15, 0.2) is 11.6 Å². The van der Waals surface area contributed by atoms with Gasteiger partial charge < -0.3 is 0 Å². The van der Waals surface area contributed by atoms with E-state index in [1.165, 1.54) is 22.6 Å². The van der Waals surface area contributed by atoms with Crippen LogP contribution in [0.3, 0.4) is 0 Å². The molecule has 0 unspecified atom stereocenters. The van der Waals surface area contributed by atoms with Crippen molar-refractivity contribution in [1.29, 1.82) is 0 Å². The van der Waals surface area contributed by atoms with E-state index < -0.39 is 34.6 Å². The SMILES string of the molecule is Fc1cccc(-c2nccc(I)c2C(F)(F)F)c1F. The third-order valence-corrected chi connectivity index (χ3v) is 3.29. The minimum absolute atomic E-state index is 0.126. The van der Waals surface area contributed by atoms with Crippen molar-refractivity contribution in [2.24, 2.45) is 0 Å². The van der Waals surface area contributed by atoms with Crippen molar-refractivity contribution in [1.82, 2.24) is 4.98 Å². The number of alkyl halides is 3. The number of benzene rings is 1. The topological polar surface area (TPSA) is 12.9 Å². The molecule has 1 heterocycles. The molecule has 1 aromatic heterocycles. The molecule has 0 fully saturated rings. The fraction of sp³-hybridized carbons (Fsp3) is 0.0833. The van der Waals surface area contributed by atoms with Crippen LogP contribution in [0.1, 0.15) is 5.56 Å². The Morgan fingerprint density at radius 2 is 1.74 bits per heavy atom. The quantitative estimate of drug-likeness (QED) is 0.515. The lowest BCUT2D eigenvalue weighted by Crippen LogP contribution is -2.11. The maximum atomic E-state index is 13.6. The van der Waals surface area contributed by atoms with E-state index in [-0.39, 0.29) is 3.57 Å². The summed E-state index contributed by atoms with van der Waals surface area (Å²) < 4.78 is 65.5. The molecule has 0 bridgehead atoms. The van der Waals surface area contributed by atoms with Gasteiger partial charge in [-0.05, 0) is 40.8 Å². The van der Waals surface area contributed by atoms with E-state index in [0.29, 0.717) is 0 Å². The number of hydrogen-bond donors (Lipinski definition) is 0. The number of aromatic nitrogens is 1. The summed E-state index contributed by atoms with van der Waals surface area (Å²) in [7, 11) is 0. The average Bonchev–Trinajstić information content (AvgIpc) is 2.30. The fourth-order valence-corrected chi connectivity index (χ4v) is 2.32. The van der Waals surface area contributed by atoms with Gasteiger partial charge in [-0.2, -0.15) is 13.2 Å². The van der Waals surface area contributed by atoms with E-state index in [0.717, 1.165) is 30.5 Å². The smallest absolute Gasteiger partial charge is 0.255 e. The summed E-state index contributed by atoms with van der Waals surface area (Å²) in [5.74, 6) is -2.56. The molecule has 0 N–H and O–H groups in total. The molecule has 0 radical (unpaired) electrons. The van der Waals surface area contributed by atoms with E-state index >= 15 is 0 Å². The van der Waals surface area contributed by atoms with Crippen molar-refractivity contribution in [3.8, 4) is 11.3 Å². The Kier molecular flexibility index (Phi) is 3.75. The van der Waals surface area contributed by atoms with Crippen LogP contribution >= 0.6 is 22.6 Å². The highest BCUT2D eigenvalue weighted by atomic mass is 127. The normalized spacial score (nSPS) is 11.7. The number of pyridine rings is 1. The first-order valence-electron chi connectivity index (χ1n) is 4.98. The first kappa shape index (κ1) is 14.2. The van der Waals surface area contributed by atoms with Gasteiger partial charge in [0, 0.05) is 15.3 Å². The molecule has 19 heavy (non-hydrogen) atoms. The minimum atomic E-state index is -4.70. The molecule has 0 atom stereocenters. The van der Waals surface area contributed by atoms with Gasteiger partial charge in [-0.15, -0.1) is 0 Å². The van der Waals surface area contributed by atoms with Crippen LogP contribution in [0.5, 0.6) is 0 Å². The standard InChI is InChI=1S/C12H5F5IN/c13-7-3-1-2-6(10(7)14)11-9(12(15,16)17)8(18)4-5-19-11/h1-5H. The van der Waals surface area contributed by atoms with Crippen molar-refractivity contribution < 1.29 is 22.0 Å². The van der Waals surface area contributed by atoms with Gasteiger partial charge in [-0.1, -0.05) is 6.07 Å². The average molecular weight is 385 g/mol. The van der Waals surface area contributed by atoms with Crippen LogP contribution in [-0.4, -0.2) is 4.98 Å². The van der Waals surface area contributed by atoms with E-state index in [9.17, 15) is 22.0 Å². The molecule has 1 nitrogen and oxygen atoms in total. The Balaban J connectivity index is 2.77. The molecule has 1 aromatic carbocycles. The monoisotopic (exact) mass is 385 g/mol. The lowest BCUT2D eigenvalue weighted by Gasteiger charge is -2.14. The Labute approximate surface area is 118 Å². The summed E-state index contributed by atoms with van der Waals surface area (Å²) in [5, 5.41) is 0. The minimum Gasteiger partial charge on any atom is -0.255 e. The summed E-state index contributed by atoms with van der Waals surface area (Å²) in [6, 6.07) is 4.19. The molecule has 100 valence electrons. The number of nitrogens with zero attached hydrogens (tertiary/aromatic N) is 1. The van der Waals surface area contributed by atoms with Gasteiger partial charge in [0.05, 0.1) is 11.3 Å². The molecule has 0 aliphatic rings. The van der Waals surface area contributed by atoms with Gasteiger partial charge in [0.1, 0.15) is 0 Å². The van der Waals surface area contributed by atoms with Crippen LogP contribution < -0.4 is 0 Å². The van der Waals surface area contributed by atoms with Gasteiger partial charge in [-0.25, -0.2) is 8.78 Å². The Hall–Kier alpha value is -1.25. The van der Waals surface area contributed by atoms with Crippen LogP contribution in [0.25, 0.3) is 11.3 Å². The van der Waals surface area contributed by atoms with E-state index in [2.05, 4.69) is 4.98 Å². The van der Waals surface area contributed by atoms with Crippen molar-refractivity contribution in [2.75, 3.05) is 0 Å². The highest BCUT2D eigenvalue weighted by molar-refractivity contribution is 14.1. The second-order valence-electron chi connectivity index (χ2n) is 3.62. The maximum Gasteiger partial charge on any atom is 0.419 e. The zero-order valence-electron chi connectivity index (χ0n) is 9.10. The van der Waals surface area contributed by atoms with Crippen LogP contribution in [0.4, 0.5) is 22.0 Å². The lowest BCUT2D eigenvalue weighted by molar-refractivity contribution is -0.138. The second-order valence-corrected chi connectivity index (χ2v) is 4.78. The summed E-state index contributed by atoms with van der Waals surface area (Å²) >= 11 is 1.48. The third-order valence-electron chi connectivity index (χ3n) is 2.39. The predicted molar refractivity (Wildman–Crippen MR) is 67.3 cm³/mol. The largest absolute Gasteiger partial charge is 0.419 e. The Morgan fingerprint density at radius 1 is 1.05 bits per heavy atom. The van der Waals surface area contributed by atoms with E-state index in [1.54, 1.807) is 0 Å². The number of halogens is 6. The van der Waals surface area contributed by atoms with Crippen molar-refractivity contribution >= 4 is 22.6 Å². The molecule has 0 aliphatic heterocycles. The molecule has 0 amide bonds. The van der Waals surface area contributed by atoms with Crippen LogP contribution in [0.15, 0.2) is 30.5 Å². The molecule has 7 heteroatoms. The summed E-state index contributed by atoms with van der Waals surface area (Å²) in [5.41, 5.74) is -2.19. The number of rotatable bonds is 1. The zero-order chi connectivity index (χ0) is 14.2. The van der Waals surface area contributed by atoms with Crippen molar-refractivity contribution in [3.05, 3.63) is 51.2 Å². The van der Waals surface area contributed by atoms with Gasteiger partial charge in [-0.3, -0.25) is 4.98 Å². The zero-order valence-corrected chi connectivity index (χ0v) is 11.3. The first-order chi connectivity index (χ1) is 8.82. The highest BCUT2D eigenvalue weighted by Crippen LogP contribution is 2.39. The predicted octanol–water partition coefficient (Wildman–Crippen LogP) is 4.65. The molecular formula is C12H5F5IN. The number of hydrogen-bond acceptors (Lipinski definition) is 1. The molecular weight excluding hydrogens is 380 g/mol. The second kappa shape index (κ2) is 5.03. The molecule has 2 aromatic rings. The summed E-state index contributed by atoms with van der Waals surface area (Å²) in [6.07, 6.45) is -3.57. The molecule has 0 spiro atoms. The molecule has 2 rings (SSSR count). The highest BCUT2D eigenvalue weighted by Gasteiger charge is 2.37. The van der Waals surface area contributed by atoms with Gasteiger partial charge >= 0.3 is 6.18 Å². The molecule has 0 aliphatic carbocycles. The Morgan fingerprint density at radius 3 is 2.37 bits per heavy atom. The lowest BCUT2D eigenvalue weighted by atomic mass is 10.0. The fourth-order valence-electron chi connectivity index (χ4n) is 1.60. The van der Waals surface area contributed by atoms with Crippen LogP contribution in [0, 0.1) is 15.2 Å². The third kappa shape index (κ3) is 2.70. The maximum absolute atomic E-state index is 13.6. The van der Waals surface area contributed by atoms with Gasteiger partial charge in [0.2, 0.25) is 0 Å². The van der Waals surface area contributed by atoms with Gasteiger partial charge in [0.25, 0.3) is 0 Å². The van der Waals surface area contributed by atoms with Crippen LogP contribution in [0.2, 0.25) is 0 Å². The van der Waals surface area contributed by atoms with Crippen LogP contribution in [-0.2, 0) is 6.18 Å². The molecule has 0 saturated carbocycles. The first-order valence-corrected chi connectivity index (χ1v) is 6.06. The Bertz CT molecular complexity index is 624.